The average molecular weight is 444 g/mol. The summed E-state index contributed by atoms with van der Waals surface area (Å²) >= 11 is 3.52. The zero-order valence-electron chi connectivity index (χ0n) is 15.8. The summed E-state index contributed by atoms with van der Waals surface area (Å²) in [5.74, 6) is 1.49. The van der Waals surface area contributed by atoms with Gasteiger partial charge in [0.1, 0.15) is 23.9 Å². The number of hydrogen-bond acceptors (Lipinski definition) is 3. The fraction of sp³-hybridized carbons (Fsp3) is 0.217. The van der Waals surface area contributed by atoms with Gasteiger partial charge in [0.15, 0.2) is 0 Å². The molecule has 3 rings (SSSR count). The van der Waals surface area contributed by atoms with Crippen LogP contribution in [0.1, 0.15) is 16.7 Å². The fourth-order valence-electron chi connectivity index (χ4n) is 2.92. The number of hydrogen-bond donors (Lipinski definition) is 1. The molecule has 0 unspecified atom stereocenters. The number of ether oxygens (including phenoxy) is 2. The van der Waals surface area contributed by atoms with Gasteiger partial charge < -0.3 is 14.8 Å². The van der Waals surface area contributed by atoms with Crippen molar-refractivity contribution in [1.29, 1.82) is 0 Å². The Balaban J connectivity index is 1.57. The maximum atomic E-state index is 13.0. The molecule has 0 saturated carbocycles. The van der Waals surface area contributed by atoms with Gasteiger partial charge in [0, 0.05) is 16.6 Å². The van der Waals surface area contributed by atoms with E-state index >= 15 is 0 Å². The third-order valence-corrected chi connectivity index (χ3v) is 4.90. The third-order valence-electron chi connectivity index (χ3n) is 4.41. The molecule has 3 nitrogen and oxygen atoms in total. The Labute approximate surface area is 173 Å². The van der Waals surface area contributed by atoms with Crippen molar-refractivity contribution in [3.05, 3.63) is 93.7 Å². The summed E-state index contributed by atoms with van der Waals surface area (Å²) in [7, 11) is 1.69. The summed E-state index contributed by atoms with van der Waals surface area (Å²) in [6.45, 7) is 1.91. The molecule has 0 aliphatic rings. The van der Waals surface area contributed by atoms with Crippen LogP contribution in [0.2, 0.25) is 0 Å². The summed E-state index contributed by atoms with van der Waals surface area (Å²) in [6.07, 6.45) is 0.879. The van der Waals surface area contributed by atoms with Gasteiger partial charge in [0.05, 0.1) is 7.11 Å². The van der Waals surface area contributed by atoms with Crippen molar-refractivity contribution in [1.82, 2.24) is 5.32 Å². The van der Waals surface area contributed by atoms with E-state index in [1.54, 1.807) is 19.2 Å². The van der Waals surface area contributed by atoms with Crippen molar-refractivity contribution in [2.75, 3.05) is 13.7 Å². The molecule has 3 aromatic carbocycles. The molecule has 0 aliphatic heterocycles. The summed E-state index contributed by atoms with van der Waals surface area (Å²) < 4.78 is 25.4. The molecule has 0 aromatic heterocycles. The lowest BCUT2D eigenvalue weighted by atomic mass is 10.1. The lowest BCUT2D eigenvalue weighted by molar-refractivity contribution is 0.302. The Morgan fingerprint density at radius 1 is 0.929 bits per heavy atom. The fourth-order valence-corrected chi connectivity index (χ4v) is 3.33. The molecule has 0 fully saturated rings. The minimum absolute atomic E-state index is 0.243. The van der Waals surface area contributed by atoms with E-state index in [-0.39, 0.29) is 5.82 Å². The highest BCUT2D eigenvalue weighted by Gasteiger charge is 2.07. The lowest BCUT2D eigenvalue weighted by Crippen LogP contribution is -2.17. The number of benzene rings is 3. The molecular formula is C23H23BrFNO2. The van der Waals surface area contributed by atoms with Crippen LogP contribution in [0.3, 0.4) is 0 Å². The van der Waals surface area contributed by atoms with Crippen molar-refractivity contribution < 1.29 is 13.9 Å². The van der Waals surface area contributed by atoms with Crippen molar-refractivity contribution in [2.24, 2.45) is 0 Å². The number of para-hydroxylation sites is 1. The average Bonchev–Trinajstić information content (AvgIpc) is 2.72. The van der Waals surface area contributed by atoms with Crippen molar-refractivity contribution in [3.63, 3.8) is 0 Å². The van der Waals surface area contributed by atoms with Crippen LogP contribution in [-0.4, -0.2) is 13.7 Å². The van der Waals surface area contributed by atoms with Crippen LogP contribution < -0.4 is 14.8 Å². The van der Waals surface area contributed by atoms with E-state index in [4.69, 9.17) is 9.47 Å². The van der Waals surface area contributed by atoms with Crippen molar-refractivity contribution in [2.45, 2.75) is 19.6 Å². The lowest BCUT2D eigenvalue weighted by Gasteiger charge is -2.14. The molecule has 0 bridgehead atoms. The minimum Gasteiger partial charge on any atom is -0.496 e. The number of rotatable bonds is 9. The second-order valence-corrected chi connectivity index (χ2v) is 7.32. The van der Waals surface area contributed by atoms with Gasteiger partial charge in [0.2, 0.25) is 0 Å². The molecule has 0 saturated heterocycles. The van der Waals surface area contributed by atoms with Gasteiger partial charge in [-0.25, -0.2) is 4.39 Å². The highest BCUT2D eigenvalue weighted by atomic mass is 79.9. The van der Waals surface area contributed by atoms with Crippen LogP contribution in [0.25, 0.3) is 0 Å². The first-order valence-electron chi connectivity index (χ1n) is 9.14. The maximum absolute atomic E-state index is 13.0. The van der Waals surface area contributed by atoms with Crippen LogP contribution in [0.5, 0.6) is 11.5 Å². The second-order valence-electron chi connectivity index (χ2n) is 6.41. The van der Waals surface area contributed by atoms with Gasteiger partial charge in [-0.1, -0.05) is 46.3 Å². The first kappa shape index (κ1) is 20.4. The topological polar surface area (TPSA) is 30.5 Å². The Bertz CT molecular complexity index is 899. The van der Waals surface area contributed by atoms with Gasteiger partial charge in [-0.15, -0.1) is 0 Å². The summed E-state index contributed by atoms with van der Waals surface area (Å²) in [5, 5.41) is 3.47. The second kappa shape index (κ2) is 10.2. The highest BCUT2D eigenvalue weighted by molar-refractivity contribution is 9.10. The summed E-state index contributed by atoms with van der Waals surface area (Å²) in [6, 6.07) is 20.4. The molecule has 0 heterocycles. The predicted octanol–water partition coefficient (Wildman–Crippen LogP) is 5.51. The van der Waals surface area contributed by atoms with E-state index in [0.717, 1.165) is 40.1 Å². The monoisotopic (exact) mass is 443 g/mol. The van der Waals surface area contributed by atoms with E-state index in [1.807, 2.05) is 30.3 Å². The van der Waals surface area contributed by atoms with Crippen LogP contribution in [-0.2, 0) is 19.6 Å². The maximum Gasteiger partial charge on any atom is 0.124 e. The summed E-state index contributed by atoms with van der Waals surface area (Å²) in [5.41, 5.74) is 3.18. The van der Waals surface area contributed by atoms with Gasteiger partial charge in [0.25, 0.3) is 0 Å². The van der Waals surface area contributed by atoms with Gasteiger partial charge >= 0.3 is 0 Å². The standard InChI is InChI=1S/C23H23BrFNO2/c1-27-22-5-3-2-4-18(22)12-13-26-15-19-14-20(24)8-11-23(19)28-16-17-6-9-21(25)10-7-17/h2-11,14,26H,12-13,15-16H2,1H3. The predicted molar refractivity (Wildman–Crippen MR) is 113 cm³/mol. The molecule has 0 atom stereocenters. The van der Waals surface area contributed by atoms with Gasteiger partial charge in [-0.2, -0.15) is 0 Å². The van der Waals surface area contributed by atoms with E-state index in [1.165, 1.54) is 17.7 Å². The van der Waals surface area contributed by atoms with Crippen LogP contribution in [0, 0.1) is 5.82 Å². The zero-order valence-corrected chi connectivity index (χ0v) is 17.3. The van der Waals surface area contributed by atoms with Crippen LogP contribution in [0.15, 0.2) is 71.2 Å². The normalized spacial score (nSPS) is 10.7. The SMILES string of the molecule is COc1ccccc1CCNCc1cc(Br)ccc1OCc1ccc(F)cc1. The van der Waals surface area contributed by atoms with Crippen LogP contribution >= 0.6 is 15.9 Å². The van der Waals surface area contributed by atoms with Crippen LogP contribution in [0.4, 0.5) is 4.39 Å². The summed E-state index contributed by atoms with van der Waals surface area (Å²) in [4.78, 5) is 0. The molecule has 0 aliphatic carbocycles. The van der Waals surface area contributed by atoms with Gasteiger partial charge in [-0.3, -0.25) is 0 Å². The number of halogens is 2. The van der Waals surface area contributed by atoms with Crippen molar-refractivity contribution in [3.8, 4) is 11.5 Å². The van der Waals surface area contributed by atoms with E-state index in [9.17, 15) is 4.39 Å². The van der Waals surface area contributed by atoms with Gasteiger partial charge in [-0.05, 0) is 60.5 Å². The number of nitrogens with one attached hydrogen (secondary N) is 1. The Morgan fingerprint density at radius 2 is 1.71 bits per heavy atom. The molecule has 146 valence electrons. The van der Waals surface area contributed by atoms with E-state index in [0.29, 0.717) is 13.2 Å². The minimum atomic E-state index is -0.243. The molecular weight excluding hydrogens is 421 g/mol. The smallest absolute Gasteiger partial charge is 0.124 e. The quantitative estimate of drug-likeness (QED) is 0.442. The Morgan fingerprint density at radius 3 is 2.50 bits per heavy atom. The van der Waals surface area contributed by atoms with E-state index in [2.05, 4.69) is 33.4 Å². The molecule has 28 heavy (non-hydrogen) atoms. The molecule has 5 heteroatoms. The number of methoxy groups -OCH3 is 1. The molecule has 0 spiro atoms. The first-order valence-corrected chi connectivity index (χ1v) is 9.93. The molecule has 3 aromatic rings. The molecule has 0 radical (unpaired) electrons. The molecule has 1 N–H and O–H groups in total. The third kappa shape index (κ3) is 5.81. The first-order chi connectivity index (χ1) is 13.7. The largest absolute Gasteiger partial charge is 0.496 e. The zero-order chi connectivity index (χ0) is 19.8. The van der Waals surface area contributed by atoms with E-state index < -0.39 is 0 Å². The Hall–Kier alpha value is -2.37. The Kier molecular flexibility index (Phi) is 7.46. The van der Waals surface area contributed by atoms with Crippen molar-refractivity contribution >= 4 is 15.9 Å². The highest BCUT2D eigenvalue weighted by Crippen LogP contribution is 2.24. The molecule has 0 amide bonds.